The Bertz CT molecular complexity index is 50.3. The minimum atomic E-state index is 0.273. The Hall–Kier alpha value is 0.290. The second-order valence-electron chi connectivity index (χ2n) is 2.36. The molecule has 0 saturated heterocycles. The van der Waals surface area contributed by atoms with Gasteiger partial charge in [0.2, 0.25) is 0 Å². The largest absolute Gasteiger partial charge is 0.123 e. The Kier molecular flexibility index (Phi) is 4.35. The third-order valence-electron chi connectivity index (χ3n) is 0.984. The summed E-state index contributed by atoms with van der Waals surface area (Å²) in [7, 11) is 0. The van der Waals surface area contributed by atoms with Crippen LogP contribution in [0.3, 0.4) is 0 Å². The van der Waals surface area contributed by atoms with Crippen molar-refractivity contribution in [2.75, 3.05) is 0 Å². The number of alkyl halides is 1. The number of rotatable bonds is 3. The van der Waals surface area contributed by atoms with Crippen molar-refractivity contribution in [3.05, 3.63) is 6.42 Å². The van der Waals surface area contributed by atoms with Crippen LogP contribution in [0.2, 0.25) is 0 Å². The fraction of sp³-hybridized carbons (Fsp3) is 0.857. The van der Waals surface area contributed by atoms with Gasteiger partial charge in [-0.05, 0) is 18.8 Å². The highest BCUT2D eigenvalue weighted by molar-refractivity contribution is 6.21. The Labute approximate surface area is 57.2 Å². The van der Waals surface area contributed by atoms with E-state index in [9.17, 15) is 0 Å². The van der Waals surface area contributed by atoms with Gasteiger partial charge in [0.25, 0.3) is 0 Å². The van der Waals surface area contributed by atoms with Gasteiger partial charge in [-0.3, -0.25) is 0 Å². The predicted octanol–water partition coefficient (Wildman–Crippen LogP) is 2.86. The molecule has 0 spiro atoms. The topological polar surface area (TPSA) is 0 Å². The van der Waals surface area contributed by atoms with Crippen LogP contribution in [-0.2, 0) is 0 Å². The average molecular weight is 134 g/mol. The van der Waals surface area contributed by atoms with E-state index in [1.54, 1.807) is 0 Å². The Morgan fingerprint density at radius 3 is 2.12 bits per heavy atom. The summed E-state index contributed by atoms with van der Waals surface area (Å²) >= 11 is 5.80. The van der Waals surface area contributed by atoms with Crippen LogP contribution in [0.1, 0.15) is 27.2 Å². The molecule has 0 aromatic rings. The molecule has 0 nitrogen and oxygen atoms in total. The first-order valence-corrected chi connectivity index (χ1v) is 3.59. The van der Waals surface area contributed by atoms with E-state index < -0.39 is 0 Å². The molecular formula is C7H14Cl. The van der Waals surface area contributed by atoms with Crippen molar-refractivity contribution in [3.63, 3.8) is 0 Å². The molecule has 0 aromatic heterocycles. The molecule has 0 rings (SSSR count). The average Bonchev–Trinajstić information content (AvgIpc) is 1.65. The van der Waals surface area contributed by atoms with Crippen molar-refractivity contribution in [3.8, 4) is 0 Å². The fourth-order valence-corrected chi connectivity index (χ4v) is 0.845. The molecule has 0 aliphatic carbocycles. The summed E-state index contributed by atoms with van der Waals surface area (Å²) in [6.45, 7) is 6.38. The highest BCUT2D eigenvalue weighted by atomic mass is 35.5. The zero-order valence-electron chi connectivity index (χ0n) is 5.82. The first-order valence-electron chi connectivity index (χ1n) is 3.15. The molecule has 0 fully saturated rings. The maximum absolute atomic E-state index is 5.80. The van der Waals surface area contributed by atoms with E-state index in [-0.39, 0.29) is 5.38 Å². The van der Waals surface area contributed by atoms with Gasteiger partial charge in [-0.2, -0.15) is 0 Å². The SMILES string of the molecule is CCC(Cl)[CH]C(C)C. The highest BCUT2D eigenvalue weighted by Crippen LogP contribution is 2.11. The summed E-state index contributed by atoms with van der Waals surface area (Å²) in [5, 5.41) is 0.273. The minimum absolute atomic E-state index is 0.273. The molecule has 1 atom stereocenters. The molecule has 0 amide bonds. The van der Waals surface area contributed by atoms with Gasteiger partial charge < -0.3 is 0 Å². The summed E-state index contributed by atoms with van der Waals surface area (Å²) in [5.41, 5.74) is 0. The van der Waals surface area contributed by atoms with Crippen LogP contribution >= 0.6 is 11.6 Å². The highest BCUT2D eigenvalue weighted by Gasteiger charge is 2.02. The van der Waals surface area contributed by atoms with Crippen molar-refractivity contribution < 1.29 is 0 Å². The molecule has 0 saturated carbocycles. The van der Waals surface area contributed by atoms with Crippen molar-refractivity contribution >= 4 is 11.6 Å². The zero-order valence-corrected chi connectivity index (χ0v) is 6.57. The van der Waals surface area contributed by atoms with Gasteiger partial charge in [0.15, 0.2) is 0 Å². The van der Waals surface area contributed by atoms with Crippen LogP contribution in [0.15, 0.2) is 0 Å². The third kappa shape index (κ3) is 4.45. The maximum atomic E-state index is 5.80. The molecule has 0 heterocycles. The van der Waals surface area contributed by atoms with Crippen LogP contribution < -0.4 is 0 Å². The maximum Gasteiger partial charge on any atom is 0.0367 e. The lowest BCUT2D eigenvalue weighted by molar-refractivity contribution is 0.697. The first-order chi connectivity index (χ1) is 3.66. The normalized spacial score (nSPS) is 14.6. The quantitative estimate of drug-likeness (QED) is 0.520. The van der Waals surface area contributed by atoms with Crippen LogP contribution in [-0.4, -0.2) is 5.38 Å². The van der Waals surface area contributed by atoms with E-state index in [4.69, 9.17) is 11.6 Å². The summed E-state index contributed by atoms with van der Waals surface area (Å²) < 4.78 is 0. The van der Waals surface area contributed by atoms with E-state index in [0.717, 1.165) is 6.42 Å². The first kappa shape index (κ1) is 8.29. The standard InChI is InChI=1S/C7H14Cl/c1-4-7(8)5-6(2)3/h5-7H,4H2,1-3H3. The lowest BCUT2D eigenvalue weighted by atomic mass is 10.1. The number of hydrogen-bond donors (Lipinski definition) is 0. The van der Waals surface area contributed by atoms with E-state index in [1.165, 1.54) is 0 Å². The molecular weight excluding hydrogens is 120 g/mol. The predicted molar refractivity (Wildman–Crippen MR) is 39.1 cm³/mol. The van der Waals surface area contributed by atoms with Crippen molar-refractivity contribution in [2.24, 2.45) is 5.92 Å². The van der Waals surface area contributed by atoms with Crippen molar-refractivity contribution in [1.82, 2.24) is 0 Å². The van der Waals surface area contributed by atoms with E-state index in [0.29, 0.717) is 5.92 Å². The van der Waals surface area contributed by atoms with Crippen molar-refractivity contribution in [1.29, 1.82) is 0 Å². The minimum Gasteiger partial charge on any atom is -0.123 e. The lowest BCUT2D eigenvalue weighted by Gasteiger charge is -2.06. The van der Waals surface area contributed by atoms with Crippen LogP contribution in [0.5, 0.6) is 0 Å². The fourth-order valence-electron chi connectivity index (χ4n) is 0.554. The summed E-state index contributed by atoms with van der Waals surface area (Å²) in [6.07, 6.45) is 3.20. The summed E-state index contributed by atoms with van der Waals surface area (Å²) in [6, 6.07) is 0. The Balaban J connectivity index is 3.10. The zero-order chi connectivity index (χ0) is 6.57. The number of halogens is 1. The van der Waals surface area contributed by atoms with E-state index >= 15 is 0 Å². The molecule has 1 heteroatoms. The van der Waals surface area contributed by atoms with Gasteiger partial charge >= 0.3 is 0 Å². The van der Waals surface area contributed by atoms with Gasteiger partial charge in [0.1, 0.15) is 0 Å². The van der Waals surface area contributed by atoms with Gasteiger partial charge in [0.05, 0.1) is 0 Å². The smallest absolute Gasteiger partial charge is 0.0367 e. The van der Waals surface area contributed by atoms with E-state index in [1.807, 2.05) is 0 Å². The second-order valence-corrected chi connectivity index (χ2v) is 2.92. The van der Waals surface area contributed by atoms with E-state index in [2.05, 4.69) is 27.2 Å². The third-order valence-corrected chi connectivity index (χ3v) is 1.44. The van der Waals surface area contributed by atoms with Crippen molar-refractivity contribution in [2.45, 2.75) is 32.6 Å². The lowest BCUT2D eigenvalue weighted by Crippen LogP contribution is -2.01. The molecule has 0 aliphatic rings. The molecule has 0 N–H and O–H groups in total. The Morgan fingerprint density at radius 1 is 1.50 bits per heavy atom. The summed E-state index contributed by atoms with van der Waals surface area (Å²) in [4.78, 5) is 0. The second kappa shape index (κ2) is 4.20. The molecule has 0 aliphatic heterocycles. The molecule has 1 radical (unpaired) electrons. The molecule has 1 unspecified atom stereocenters. The van der Waals surface area contributed by atoms with Crippen LogP contribution in [0.4, 0.5) is 0 Å². The molecule has 0 bridgehead atoms. The summed E-state index contributed by atoms with van der Waals surface area (Å²) in [5.74, 6) is 0.623. The van der Waals surface area contributed by atoms with Gasteiger partial charge in [-0.1, -0.05) is 20.8 Å². The van der Waals surface area contributed by atoms with Gasteiger partial charge in [-0.25, -0.2) is 0 Å². The Morgan fingerprint density at radius 2 is 2.00 bits per heavy atom. The van der Waals surface area contributed by atoms with Gasteiger partial charge in [0, 0.05) is 5.38 Å². The van der Waals surface area contributed by atoms with Crippen LogP contribution in [0.25, 0.3) is 0 Å². The monoisotopic (exact) mass is 133 g/mol. The molecule has 49 valence electrons. The van der Waals surface area contributed by atoms with Crippen LogP contribution in [0, 0.1) is 12.3 Å². The molecule has 0 aromatic carbocycles. The number of hydrogen-bond acceptors (Lipinski definition) is 0. The van der Waals surface area contributed by atoms with Gasteiger partial charge in [-0.15, -0.1) is 11.6 Å². The molecule has 8 heavy (non-hydrogen) atoms.